The van der Waals surface area contributed by atoms with E-state index in [9.17, 15) is 0 Å². The molecule has 1 aromatic rings. The van der Waals surface area contributed by atoms with E-state index in [0.717, 1.165) is 0 Å². The molecule has 0 aliphatic heterocycles. The Morgan fingerprint density at radius 2 is 2.00 bits per heavy atom. The van der Waals surface area contributed by atoms with Crippen LogP contribution in [0.25, 0.3) is 0 Å². The van der Waals surface area contributed by atoms with Gasteiger partial charge in [0.1, 0.15) is 11.8 Å². The van der Waals surface area contributed by atoms with Crippen LogP contribution in [-0.2, 0) is 0 Å². The molecule has 0 N–H and O–H groups in total. The second-order valence-electron chi connectivity index (χ2n) is 3.20. The maximum atomic E-state index is 8.89. The maximum absolute atomic E-state index is 8.89. The second-order valence-corrected chi connectivity index (χ2v) is 3.55. The Labute approximate surface area is 99.3 Å². The summed E-state index contributed by atoms with van der Waals surface area (Å²) < 4.78 is 5.32. The highest BCUT2D eigenvalue weighted by Gasteiger charge is 2.08. The van der Waals surface area contributed by atoms with Crippen LogP contribution >= 0.6 is 12.2 Å². The zero-order valence-corrected chi connectivity index (χ0v) is 9.71. The van der Waals surface area contributed by atoms with Crippen molar-refractivity contribution in [2.45, 2.75) is 0 Å². The number of nitrogens with zero attached hydrogens (tertiary/aromatic N) is 3. The Kier molecular flexibility index (Phi) is 3.82. The van der Waals surface area contributed by atoms with Gasteiger partial charge < -0.3 is 9.64 Å². The SMILES string of the molecule is CN(C)C(=S)Oc1ccc(C#N)cc1C#N. The van der Waals surface area contributed by atoms with Crippen molar-refractivity contribution in [1.82, 2.24) is 4.90 Å². The summed E-state index contributed by atoms with van der Waals surface area (Å²) in [7, 11) is 3.50. The first-order valence-corrected chi connectivity index (χ1v) is 4.82. The predicted molar refractivity (Wildman–Crippen MR) is 62.8 cm³/mol. The van der Waals surface area contributed by atoms with E-state index in [4.69, 9.17) is 27.5 Å². The molecule has 0 saturated carbocycles. The van der Waals surface area contributed by atoms with Gasteiger partial charge in [0, 0.05) is 14.1 Å². The van der Waals surface area contributed by atoms with Gasteiger partial charge in [-0.2, -0.15) is 10.5 Å². The Balaban J connectivity index is 3.03. The van der Waals surface area contributed by atoms with Crippen molar-refractivity contribution in [3.8, 4) is 17.9 Å². The molecule has 0 amide bonds. The summed E-state index contributed by atoms with van der Waals surface area (Å²) in [6, 6.07) is 8.52. The molecule has 0 fully saturated rings. The number of benzene rings is 1. The van der Waals surface area contributed by atoms with Gasteiger partial charge in [0.25, 0.3) is 5.17 Å². The minimum Gasteiger partial charge on any atom is -0.430 e. The monoisotopic (exact) mass is 231 g/mol. The number of rotatable bonds is 1. The van der Waals surface area contributed by atoms with Gasteiger partial charge in [-0.25, -0.2) is 0 Å². The van der Waals surface area contributed by atoms with Crippen LogP contribution in [0.3, 0.4) is 0 Å². The molecular formula is C11H9N3OS. The fourth-order valence-electron chi connectivity index (χ4n) is 0.961. The molecular weight excluding hydrogens is 222 g/mol. The summed E-state index contributed by atoms with van der Waals surface area (Å²) in [4.78, 5) is 1.62. The highest BCUT2D eigenvalue weighted by Crippen LogP contribution is 2.19. The molecule has 0 unspecified atom stereocenters. The minimum atomic E-state index is 0.265. The number of hydrogen-bond acceptors (Lipinski definition) is 4. The molecule has 0 atom stereocenters. The molecule has 80 valence electrons. The summed E-state index contributed by atoms with van der Waals surface area (Å²) in [5, 5.41) is 17.8. The molecule has 0 aliphatic rings. The molecule has 4 nitrogen and oxygen atoms in total. The standard InChI is InChI=1S/C11H9N3OS/c1-14(2)11(16)15-10-4-3-8(6-12)5-9(10)7-13/h3-5H,1-2H3. The highest BCUT2D eigenvalue weighted by molar-refractivity contribution is 7.80. The predicted octanol–water partition coefficient (Wildman–Crippen LogP) is 1.66. The second kappa shape index (κ2) is 5.11. The van der Waals surface area contributed by atoms with E-state index in [1.165, 1.54) is 6.07 Å². The van der Waals surface area contributed by atoms with Crippen molar-refractivity contribution in [3.63, 3.8) is 0 Å². The average molecular weight is 231 g/mol. The summed E-state index contributed by atoms with van der Waals surface area (Å²) in [5.74, 6) is 0.361. The fraction of sp³-hybridized carbons (Fsp3) is 0.182. The third-order valence-electron chi connectivity index (χ3n) is 1.79. The molecule has 5 heteroatoms. The van der Waals surface area contributed by atoms with Crippen molar-refractivity contribution in [2.24, 2.45) is 0 Å². The summed E-state index contributed by atoms with van der Waals surface area (Å²) in [5.41, 5.74) is 0.711. The van der Waals surface area contributed by atoms with Crippen molar-refractivity contribution >= 4 is 17.4 Å². The molecule has 0 spiro atoms. The Hall–Kier alpha value is -2.11. The molecule has 0 saturated heterocycles. The van der Waals surface area contributed by atoms with Crippen LogP contribution in [0.1, 0.15) is 11.1 Å². The van der Waals surface area contributed by atoms with E-state index >= 15 is 0 Å². The van der Waals surface area contributed by atoms with Crippen LogP contribution < -0.4 is 4.74 Å². The number of ether oxygens (including phenoxy) is 1. The smallest absolute Gasteiger partial charge is 0.264 e. The van der Waals surface area contributed by atoms with E-state index in [1.54, 1.807) is 31.1 Å². The molecule has 0 heterocycles. The summed E-state index contributed by atoms with van der Waals surface area (Å²) in [6.45, 7) is 0. The zero-order valence-electron chi connectivity index (χ0n) is 8.89. The molecule has 0 aliphatic carbocycles. The van der Waals surface area contributed by atoms with Crippen molar-refractivity contribution < 1.29 is 4.74 Å². The molecule has 0 aromatic heterocycles. The van der Waals surface area contributed by atoms with Crippen LogP contribution in [0.2, 0.25) is 0 Å². The fourth-order valence-corrected chi connectivity index (χ4v) is 1.05. The first kappa shape index (κ1) is 12.0. The molecule has 0 radical (unpaired) electrons. The Bertz CT molecular complexity index is 497. The first-order chi connectivity index (χ1) is 7.58. The quantitative estimate of drug-likeness (QED) is 0.688. The van der Waals surface area contributed by atoms with Crippen molar-refractivity contribution in [2.75, 3.05) is 14.1 Å². The Morgan fingerprint density at radius 1 is 1.31 bits per heavy atom. The van der Waals surface area contributed by atoms with Gasteiger partial charge in [-0.15, -0.1) is 0 Å². The average Bonchev–Trinajstić information content (AvgIpc) is 2.29. The van der Waals surface area contributed by atoms with Gasteiger partial charge in [-0.3, -0.25) is 0 Å². The normalized spacial score (nSPS) is 8.75. The first-order valence-electron chi connectivity index (χ1n) is 4.42. The van der Waals surface area contributed by atoms with Gasteiger partial charge in [0.2, 0.25) is 0 Å². The zero-order chi connectivity index (χ0) is 12.1. The third kappa shape index (κ3) is 2.69. The lowest BCUT2D eigenvalue weighted by Crippen LogP contribution is -2.25. The molecule has 0 bridgehead atoms. The van der Waals surface area contributed by atoms with Gasteiger partial charge >= 0.3 is 0 Å². The molecule has 1 rings (SSSR count). The van der Waals surface area contributed by atoms with E-state index in [2.05, 4.69) is 0 Å². The summed E-state index contributed by atoms with van der Waals surface area (Å²) >= 11 is 4.96. The van der Waals surface area contributed by atoms with E-state index in [0.29, 0.717) is 16.9 Å². The molecule has 16 heavy (non-hydrogen) atoms. The van der Waals surface area contributed by atoms with E-state index in [1.807, 2.05) is 12.1 Å². The van der Waals surface area contributed by atoms with Gasteiger partial charge in [-0.1, -0.05) is 0 Å². The lowest BCUT2D eigenvalue weighted by molar-refractivity contribution is 0.448. The van der Waals surface area contributed by atoms with Gasteiger partial charge in [0.15, 0.2) is 0 Å². The van der Waals surface area contributed by atoms with E-state index in [-0.39, 0.29) is 5.17 Å². The third-order valence-corrected chi connectivity index (χ3v) is 2.24. The van der Waals surface area contributed by atoms with Crippen LogP contribution in [-0.4, -0.2) is 24.2 Å². The van der Waals surface area contributed by atoms with Crippen LogP contribution in [0.5, 0.6) is 5.75 Å². The number of thiocarbonyl (C=S) groups is 1. The highest BCUT2D eigenvalue weighted by atomic mass is 32.1. The van der Waals surface area contributed by atoms with Crippen molar-refractivity contribution in [3.05, 3.63) is 29.3 Å². The topological polar surface area (TPSA) is 60.0 Å². The van der Waals surface area contributed by atoms with Gasteiger partial charge in [-0.05, 0) is 30.4 Å². The maximum Gasteiger partial charge on any atom is 0.264 e. The van der Waals surface area contributed by atoms with Crippen LogP contribution in [0.15, 0.2) is 18.2 Å². The number of hydrogen-bond donors (Lipinski definition) is 0. The largest absolute Gasteiger partial charge is 0.430 e. The summed E-state index contributed by atoms with van der Waals surface area (Å²) in [6.07, 6.45) is 0. The van der Waals surface area contributed by atoms with Gasteiger partial charge in [0.05, 0.1) is 17.2 Å². The van der Waals surface area contributed by atoms with Crippen LogP contribution in [0, 0.1) is 22.7 Å². The van der Waals surface area contributed by atoms with Crippen molar-refractivity contribution in [1.29, 1.82) is 10.5 Å². The minimum absolute atomic E-state index is 0.265. The lowest BCUT2D eigenvalue weighted by atomic mass is 10.1. The van der Waals surface area contributed by atoms with E-state index < -0.39 is 0 Å². The molecule has 1 aromatic carbocycles. The van der Waals surface area contributed by atoms with Crippen LogP contribution in [0.4, 0.5) is 0 Å². The number of nitriles is 2. The lowest BCUT2D eigenvalue weighted by Gasteiger charge is -2.14. The Morgan fingerprint density at radius 3 is 2.50 bits per heavy atom.